The zero-order valence-electron chi connectivity index (χ0n) is 15.0. The Labute approximate surface area is 153 Å². The number of rotatable bonds is 6. The molecular weight excluding hydrogens is 332 g/mol. The highest BCUT2D eigenvalue weighted by Crippen LogP contribution is 2.32. The standard InChI is InChI=1S/C19H26N4O3/c24-18(6-3-14-9-20-12-21-10-14)23-8-7-16-15(23)4-5-17(26-16)19(25)22-11-13-1-2-13/h9-10,12-13,15-17H,1-8,11H2,(H,22,25)/t15-,16-,17+/m1/s1. The van der Waals surface area contributed by atoms with Crippen LogP contribution in [0.5, 0.6) is 0 Å². The van der Waals surface area contributed by atoms with E-state index in [0.29, 0.717) is 25.2 Å². The normalized spacial score (nSPS) is 27.8. The van der Waals surface area contributed by atoms with Crippen molar-refractivity contribution in [3.05, 3.63) is 24.3 Å². The molecule has 4 rings (SSSR count). The lowest BCUT2D eigenvalue weighted by Crippen LogP contribution is -2.49. The molecule has 1 aromatic rings. The van der Waals surface area contributed by atoms with E-state index < -0.39 is 0 Å². The van der Waals surface area contributed by atoms with Gasteiger partial charge in [0.1, 0.15) is 12.4 Å². The molecule has 0 spiro atoms. The molecule has 0 bridgehead atoms. The van der Waals surface area contributed by atoms with Gasteiger partial charge in [-0.3, -0.25) is 9.59 Å². The van der Waals surface area contributed by atoms with E-state index in [1.54, 1.807) is 12.4 Å². The van der Waals surface area contributed by atoms with Crippen LogP contribution in [0.2, 0.25) is 0 Å². The maximum atomic E-state index is 12.6. The fourth-order valence-electron chi connectivity index (χ4n) is 3.96. The van der Waals surface area contributed by atoms with Crippen molar-refractivity contribution < 1.29 is 14.3 Å². The average molecular weight is 358 g/mol. The van der Waals surface area contributed by atoms with Gasteiger partial charge >= 0.3 is 0 Å². The molecule has 0 unspecified atom stereocenters. The number of carbonyl (C=O) groups excluding carboxylic acids is 2. The third-order valence-corrected chi connectivity index (χ3v) is 5.66. The van der Waals surface area contributed by atoms with Crippen LogP contribution in [0.15, 0.2) is 18.7 Å². The van der Waals surface area contributed by atoms with Crippen LogP contribution in [0.4, 0.5) is 0 Å². The zero-order chi connectivity index (χ0) is 17.9. The van der Waals surface area contributed by atoms with Crippen LogP contribution in [-0.2, 0) is 20.7 Å². The molecule has 3 atom stereocenters. The molecular formula is C19H26N4O3. The lowest BCUT2D eigenvalue weighted by atomic mass is 9.98. The van der Waals surface area contributed by atoms with Crippen LogP contribution >= 0.6 is 0 Å². The molecule has 0 radical (unpaired) electrons. The molecule has 1 N–H and O–H groups in total. The monoisotopic (exact) mass is 358 g/mol. The van der Waals surface area contributed by atoms with Gasteiger partial charge in [-0.15, -0.1) is 0 Å². The third kappa shape index (κ3) is 4.03. The number of hydrogen-bond acceptors (Lipinski definition) is 5. The first kappa shape index (κ1) is 17.4. The summed E-state index contributed by atoms with van der Waals surface area (Å²) in [6.07, 6.45) is 10.5. The zero-order valence-corrected chi connectivity index (χ0v) is 15.0. The van der Waals surface area contributed by atoms with Crippen LogP contribution in [0.25, 0.3) is 0 Å². The summed E-state index contributed by atoms with van der Waals surface area (Å²) in [5.41, 5.74) is 0.976. The Morgan fingerprint density at radius 2 is 1.96 bits per heavy atom. The number of nitrogens with one attached hydrogen (secondary N) is 1. The van der Waals surface area contributed by atoms with Crippen molar-refractivity contribution >= 4 is 11.8 Å². The summed E-state index contributed by atoms with van der Waals surface area (Å²) in [4.78, 5) is 34.8. The molecule has 26 heavy (non-hydrogen) atoms. The Kier molecular flexibility index (Phi) is 5.15. The number of nitrogens with zero attached hydrogens (tertiary/aromatic N) is 3. The quantitative estimate of drug-likeness (QED) is 0.823. The number of fused-ring (bicyclic) bond motifs is 1. The Morgan fingerprint density at radius 1 is 1.15 bits per heavy atom. The smallest absolute Gasteiger partial charge is 0.249 e. The summed E-state index contributed by atoms with van der Waals surface area (Å²) in [5.74, 6) is 0.843. The first-order chi connectivity index (χ1) is 12.7. The van der Waals surface area contributed by atoms with Gasteiger partial charge in [0.2, 0.25) is 11.8 Å². The van der Waals surface area contributed by atoms with Crippen LogP contribution < -0.4 is 5.32 Å². The van der Waals surface area contributed by atoms with Crippen molar-refractivity contribution in [2.75, 3.05) is 13.1 Å². The first-order valence-corrected chi connectivity index (χ1v) is 9.67. The molecule has 140 valence electrons. The van der Waals surface area contributed by atoms with Crippen molar-refractivity contribution in [1.82, 2.24) is 20.2 Å². The fourth-order valence-corrected chi connectivity index (χ4v) is 3.96. The Bertz CT molecular complexity index is 649. The van der Waals surface area contributed by atoms with E-state index in [1.807, 2.05) is 4.90 Å². The minimum Gasteiger partial charge on any atom is -0.363 e. The Morgan fingerprint density at radius 3 is 2.73 bits per heavy atom. The van der Waals surface area contributed by atoms with Crippen molar-refractivity contribution in [2.45, 2.75) is 63.2 Å². The molecule has 2 amide bonds. The molecule has 1 aliphatic carbocycles. The molecule has 3 aliphatic rings. The highest BCUT2D eigenvalue weighted by molar-refractivity contribution is 5.81. The van der Waals surface area contributed by atoms with Crippen LogP contribution in [0.1, 0.15) is 44.1 Å². The van der Waals surface area contributed by atoms with E-state index in [1.165, 1.54) is 19.2 Å². The Balaban J connectivity index is 1.26. The first-order valence-electron chi connectivity index (χ1n) is 9.67. The van der Waals surface area contributed by atoms with E-state index in [4.69, 9.17) is 4.74 Å². The van der Waals surface area contributed by atoms with Gasteiger partial charge in [-0.1, -0.05) is 0 Å². The number of aryl methyl sites for hydroxylation is 1. The predicted octanol–water partition coefficient (Wildman–Crippen LogP) is 1.08. The molecule has 3 heterocycles. The van der Waals surface area contributed by atoms with Gasteiger partial charge < -0.3 is 15.0 Å². The number of likely N-dealkylation sites (tertiary alicyclic amines) is 1. The minimum atomic E-state index is -0.355. The topological polar surface area (TPSA) is 84.4 Å². The summed E-state index contributed by atoms with van der Waals surface area (Å²) in [6, 6.07) is 0.113. The summed E-state index contributed by atoms with van der Waals surface area (Å²) < 4.78 is 6.04. The molecule has 2 saturated heterocycles. The lowest BCUT2D eigenvalue weighted by Gasteiger charge is -2.35. The predicted molar refractivity (Wildman–Crippen MR) is 94.1 cm³/mol. The van der Waals surface area contributed by atoms with Gasteiger partial charge in [0.25, 0.3) is 0 Å². The maximum Gasteiger partial charge on any atom is 0.249 e. The second kappa shape index (κ2) is 7.70. The summed E-state index contributed by atoms with van der Waals surface area (Å²) in [5, 5.41) is 3.01. The average Bonchev–Trinajstić information content (AvgIpc) is 3.41. The number of aromatic nitrogens is 2. The number of carbonyl (C=O) groups is 2. The van der Waals surface area contributed by atoms with Gasteiger partial charge in [-0.25, -0.2) is 9.97 Å². The number of amides is 2. The van der Waals surface area contributed by atoms with Gasteiger partial charge in [0.05, 0.1) is 12.1 Å². The van der Waals surface area contributed by atoms with E-state index in [-0.39, 0.29) is 30.1 Å². The maximum absolute atomic E-state index is 12.6. The largest absolute Gasteiger partial charge is 0.363 e. The minimum absolute atomic E-state index is 0.00978. The summed E-state index contributed by atoms with van der Waals surface area (Å²) in [7, 11) is 0. The SMILES string of the molecule is O=C(NCC1CC1)[C@@H]1CC[C@@H]2[C@@H](CCN2C(=O)CCc2cncnc2)O1. The second-order valence-electron chi connectivity index (χ2n) is 7.62. The highest BCUT2D eigenvalue weighted by atomic mass is 16.5. The molecule has 2 aliphatic heterocycles. The third-order valence-electron chi connectivity index (χ3n) is 5.66. The number of hydrogen-bond donors (Lipinski definition) is 1. The van der Waals surface area contributed by atoms with E-state index in [9.17, 15) is 9.59 Å². The summed E-state index contributed by atoms with van der Waals surface area (Å²) in [6.45, 7) is 1.50. The van der Waals surface area contributed by atoms with Crippen molar-refractivity contribution in [2.24, 2.45) is 5.92 Å². The van der Waals surface area contributed by atoms with Crippen LogP contribution in [-0.4, -0.2) is 58.0 Å². The van der Waals surface area contributed by atoms with Crippen molar-refractivity contribution in [1.29, 1.82) is 0 Å². The van der Waals surface area contributed by atoms with Crippen LogP contribution in [0.3, 0.4) is 0 Å². The molecule has 0 aromatic carbocycles. The van der Waals surface area contributed by atoms with Gasteiger partial charge in [0.15, 0.2) is 0 Å². The molecule has 3 fully saturated rings. The molecule has 1 aromatic heterocycles. The van der Waals surface area contributed by atoms with Crippen molar-refractivity contribution in [3.8, 4) is 0 Å². The molecule has 7 nitrogen and oxygen atoms in total. The van der Waals surface area contributed by atoms with Gasteiger partial charge in [-0.2, -0.15) is 0 Å². The van der Waals surface area contributed by atoms with Gasteiger partial charge in [0, 0.05) is 31.9 Å². The summed E-state index contributed by atoms with van der Waals surface area (Å²) >= 11 is 0. The van der Waals surface area contributed by atoms with E-state index >= 15 is 0 Å². The highest BCUT2D eigenvalue weighted by Gasteiger charge is 2.43. The van der Waals surface area contributed by atoms with E-state index in [2.05, 4.69) is 15.3 Å². The second-order valence-corrected chi connectivity index (χ2v) is 7.62. The molecule has 7 heteroatoms. The fraction of sp³-hybridized carbons (Fsp3) is 0.684. The van der Waals surface area contributed by atoms with Crippen molar-refractivity contribution in [3.63, 3.8) is 0 Å². The number of ether oxygens (including phenoxy) is 1. The van der Waals surface area contributed by atoms with Crippen LogP contribution in [0, 0.1) is 5.92 Å². The Hall–Kier alpha value is -2.02. The molecule has 1 saturated carbocycles. The lowest BCUT2D eigenvalue weighted by molar-refractivity contribution is -0.147. The van der Waals surface area contributed by atoms with Gasteiger partial charge in [-0.05, 0) is 50.0 Å². The van der Waals surface area contributed by atoms with E-state index in [0.717, 1.165) is 31.5 Å².